The highest BCUT2D eigenvalue weighted by atomic mass is 16.3. The highest BCUT2D eigenvalue weighted by Gasteiger charge is 2.35. The zero-order valence-corrected chi connectivity index (χ0v) is 67.3. The van der Waals surface area contributed by atoms with Crippen LogP contribution in [0.15, 0.2) is 194 Å². The van der Waals surface area contributed by atoms with E-state index in [1.54, 1.807) is 6.07 Å². The van der Waals surface area contributed by atoms with E-state index in [2.05, 4.69) is 151 Å². The molecule has 1 aromatic heterocycles. The lowest BCUT2D eigenvalue weighted by Gasteiger charge is -2.42. The number of carbonyl (C=O) groups excluding carboxylic acids is 3. The van der Waals surface area contributed by atoms with Crippen molar-refractivity contribution in [2.75, 3.05) is 163 Å². The average Bonchev–Trinajstić information content (AvgIpc) is 0.810. The molecule has 0 unspecified atom stereocenters. The molecule has 6 saturated heterocycles. The Kier molecular flexibility index (Phi) is 26.9. The lowest BCUT2D eigenvalue weighted by molar-refractivity contribution is 0.0690. The molecule has 0 bridgehead atoms. The highest BCUT2D eigenvalue weighted by molar-refractivity contribution is 5.99. The van der Waals surface area contributed by atoms with Crippen LogP contribution in [-0.4, -0.2) is 196 Å². The molecule has 115 heavy (non-hydrogen) atoms. The van der Waals surface area contributed by atoms with E-state index in [4.69, 9.17) is 0 Å². The first-order valence-corrected chi connectivity index (χ1v) is 40.7. The Labute approximate surface area is 678 Å². The van der Waals surface area contributed by atoms with E-state index in [0.29, 0.717) is 81.1 Å². The summed E-state index contributed by atoms with van der Waals surface area (Å²) in [6, 6.07) is 69.5. The van der Waals surface area contributed by atoms with Crippen LogP contribution < -0.4 is 45.3 Å². The quantitative estimate of drug-likeness (QED) is 0.0569. The molecule has 3 amide bonds. The Bertz CT molecular complexity index is 4960. The van der Waals surface area contributed by atoms with E-state index < -0.39 is 0 Å². The number of hydrogen-bond donors (Lipinski definition) is 5. The predicted octanol–water partition coefficient (Wildman–Crippen LogP) is 13.8. The summed E-state index contributed by atoms with van der Waals surface area (Å²) in [7, 11) is 0. The summed E-state index contributed by atoms with van der Waals surface area (Å²) < 4.78 is 0. The minimum absolute atomic E-state index is 0.0139. The number of aliphatic hydroxyl groups excluding tert-OH is 2. The van der Waals surface area contributed by atoms with Gasteiger partial charge in [-0.15, -0.1) is 0 Å². The highest BCUT2D eigenvalue weighted by Crippen LogP contribution is 2.35. The fraction of sp³-hybridized carbons (Fsp3) is 0.372. The van der Waals surface area contributed by atoms with E-state index in [-0.39, 0.29) is 49.1 Å². The minimum Gasteiger partial charge on any atom is -0.394 e. The van der Waals surface area contributed by atoms with E-state index in [9.17, 15) is 40.4 Å². The molecule has 0 radical (unpaired) electrons. The lowest BCUT2D eigenvalue weighted by atomic mass is 9.99. The molecule has 0 saturated carbocycles. The fourth-order valence-corrected chi connectivity index (χ4v) is 17.2. The summed E-state index contributed by atoms with van der Waals surface area (Å²) in [5, 5.41) is 60.0. The molecule has 594 valence electrons. The van der Waals surface area contributed by atoms with E-state index in [1.807, 2.05) is 162 Å². The van der Waals surface area contributed by atoms with Gasteiger partial charge in [0.05, 0.1) is 59.0 Å². The van der Waals surface area contributed by atoms with Gasteiger partial charge in [0.25, 0.3) is 17.7 Å². The number of pyridine rings is 1. The van der Waals surface area contributed by atoms with Crippen molar-refractivity contribution in [1.29, 1.82) is 15.8 Å². The molecule has 15 rings (SSSR count). The van der Waals surface area contributed by atoms with Crippen molar-refractivity contribution >= 4 is 69.0 Å². The monoisotopic (exact) mass is 1540 g/mol. The number of hydrogen-bond acceptors (Lipinski definition) is 18. The third-order valence-corrected chi connectivity index (χ3v) is 23.7. The maximum atomic E-state index is 13.8. The second kappa shape index (κ2) is 38.2. The standard InChI is InChI=1S/C33H36N6O2.C31H38N4O2.C30H34N6O/c1-23-17-24(2)30(36-27-11-13-37(14-12-27)31-9-5-3-7-25(31)19-34)18-29(23)33(41)38-15-16-39(28(21-38)22-40)32-10-6-4-8-26(32)20-35;1-23-19-24(2)30(32-25-13-15-33(16-14-25)26-9-5-3-6-10-26)20-29(23)31(37)34-17-18-35(28(21-34)22-36)27-11-7-4-8-12-27;1-22-19-23(2)27(33-25-10-13-34(14-11-25)28-8-4-3-7-24(28)21-31)20-26(22)30(37)36-17-15-35(16-18-36)29-9-5-6-12-32-29/h3-10,17-18,27-28,36,40H,11-16,21-22H2,1-2H3;3-12,19-20,25,28,32,36H,13-18,21-22H2,1-2H3;3-9,12,19-20,25,33H,10-11,13-18H2,1-2H3/t2*28-;/m11./s1. The number of benzene rings is 8. The number of nitrogens with zero attached hydrogens (tertiary/aromatic N) is 13. The summed E-state index contributed by atoms with van der Waals surface area (Å²) >= 11 is 0. The van der Waals surface area contributed by atoms with Gasteiger partial charge in [0.1, 0.15) is 24.0 Å². The normalized spacial score (nSPS) is 17.6. The molecular formula is C94H108N16O5. The third kappa shape index (κ3) is 19.4. The Balaban J connectivity index is 0.000000151. The molecule has 21 nitrogen and oxygen atoms in total. The maximum Gasteiger partial charge on any atom is 0.254 e. The number of piperazine rings is 3. The molecule has 9 aromatic rings. The van der Waals surface area contributed by atoms with Crippen LogP contribution in [0.1, 0.15) is 120 Å². The smallest absolute Gasteiger partial charge is 0.254 e. The van der Waals surface area contributed by atoms with Crippen molar-refractivity contribution in [2.24, 2.45) is 0 Å². The molecule has 7 heterocycles. The van der Waals surface area contributed by atoms with Crippen molar-refractivity contribution in [3.05, 3.63) is 261 Å². The number of piperidine rings is 3. The summed E-state index contributed by atoms with van der Waals surface area (Å²) in [6.45, 7) is 24.0. The number of rotatable bonds is 17. The van der Waals surface area contributed by atoms with Gasteiger partial charge in [0.15, 0.2) is 0 Å². The number of amides is 3. The van der Waals surface area contributed by atoms with Crippen LogP contribution in [0.5, 0.6) is 0 Å². The molecule has 5 N–H and O–H groups in total. The average molecular weight is 1540 g/mol. The summed E-state index contributed by atoms with van der Waals surface area (Å²) in [4.78, 5) is 64.6. The fourth-order valence-electron chi connectivity index (χ4n) is 17.2. The summed E-state index contributed by atoms with van der Waals surface area (Å²) in [5.41, 5.74) is 18.8. The van der Waals surface area contributed by atoms with E-state index in [0.717, 1.165) is 181 Å². The largest absolute Gasteiger partial charge is 0.394 e. The Morgan fingerprint density at radius 3 is 1.12 bits per heavy atom. The maximum absolute atomic E-state index is 13.8. The Hall–Kier alpha value is -12.1. The van der Waals surface area contributed by atoms with Crippen molar-refractivity contribution in [1.82, 2.24) is 19.7 Å². The molecule has 2 atom stereocenters. The third-order valence-electron chi connectivity index (χ3n) is 23.7. The number of nitrogens with one attached hydrogen (secondary N) is 3. The van der Waals surface area contributed by atoms with Gasteiger partial charge in [-0.1, -0.05) is 97.1 Å². The second-order valence-electron chi connectivity index (χ2n) is 31.3. The van der Waals surface area contributed by atoms with Crippen LogP contribution in [0.2, 0.25) is 0 Å². The first kappa shape index (κ1) is 80.9. The van der Waals surface area contributed by atoms with Gasteiger partial charge in [0.2, 0.25) is 0 Å². The van der Waals surface area contributed by atoms with Crippen molar-refractivity contribution < 1.29 is 24.6 Å². The van der Waals surface area contributed by atoms with Crippen molar-refractivity contribution in [3.8, 4) is 18.2 Å². The zero-order valence-electron chi connectivity index (χ0n) is 67.3. The van der Waals surface area contributed by atoms with Gasteiger partial charge >= 0.3 is 0 Å². The van der Waals surface area contributed by atoms with Crippen LogP contribution >= 0.6 is 0 Å². The number of aromatic nitrogens is 1. The zero-order chi connectivity index (χ0) is 80.5. The van der Waals surface area contributed by atoms with Crippen LogP contribution in [0.4, 0.5) is 51.3 Å². The van der Waals surface area contributed by atoms with Crippen molar-refractivity contribution in [3.63, 3.8) is 0 Å². The van der Waals surface area contributed by atoms with Crippen LogP contribution in [0.3, 0.4) is 0 Å². The molecular weight excluding hydrogens is 1430 g/mol. The topological polar surface area (TPSA) is 241 Å². The second-order valence-corrected chi connectivity index (χ2v) is 31.3. The molecule has 6 aliphatic rings. The van der Waals surface area contributed by atoms with Gasteiger partial charge in [-0.3, -0.25) is 14.4 Å². The molecule has 0 spiro atoms. The predicted molar refractivity (Wildman–Crippen MR) is 461 cm³/mol. The Morgan fingerprint density at radius 1 is 0.365 bits per heavy atom. The van der Waals surface area contributed by atoms with E-state index >= 15 is 0 Å². The molecule has 8 aromatic carbocycles. The van der Waals surface area contributed by atoms with E-state index in [1.165, 1.54) is 11.3 Å². The van der Waals surface area contributed by atoms with Gasteiger partial charge in [0, 0.05) is 174 Å². The van der Waals surface area contributed by atoms with Crippen LogP contribution in [0, 0.1) is 75.5 Å². The number of aliphatic hydroxyl groups is 2. The van der Waals surface area contributed by atoms with Crippen molar-refractivity contribution in [2.45, 2.75) is 110 Å². The number of nitriles is 3. The SMILES string of the molecule is Cc1cc(C)c(C(=O)N2CCN(c3ccccc3)[C@@H](CO)C2)cc1NC1CCN(c2ccccc2)CC1.Cc1cc(C)c(C(=O)N2CCN(c3ccccc3C#N)[C@@H](CO)C2)cc1NC1CCN(c2ccccc2C#N)CC1.Cc1cc(C)c(C(=O)N2CCN(c3ccccn3)CC2)cc1NC1CCN(c2ccccc2C#N)CC1. The minimum atomic E-state index is -0.290. The molecule has 21 heteroatoms. The lowest BCUT2D eigenvalue weighted by Crippen LogP contribution is -2.56. The molecule has 6 fully saturated rings. The summed E-state index contributed by atoms with van der Waals surface area (Å²) in [5.74, 6) is 1.07. The first-order valence-electron chi connectivity index (χ1n) is 40.7. The Morgan fingerprint density at radius 2 is 0.713 bits per heavy atom. The number of anilines is 9. The van der Waals surface area contributed by atoms with Gasteiger partial charge in [-0.2, -0.15) is 15.8 Å². The van der Waals surface area contributed by atoms with Gasteiger partial charge in [-0.25, -0.2) is 4.98 Å². The number of carbonyl (C=O) groups is 3. The number of aryl methyl sites for hydroxylation is 6. The van der Waals surface area contributed by atoms with Gasteiger partial charge < -0.3 is 70.3 Å². The van der Waals surface area contributed by atoms with Crippen LogP contribution in [-0.2, 0) is 0 Å². The first-order chi connectivity index (χ1) is 56.0. The van der Waals surface area contributed by atoms with Crippen LogP contribution in [0.25, 0.3) is 0 Å². The summed E-state index contributed by atoms with van der Waals surface area (Å²) in [6.07, 6.45) is 7.75. The van der Waals surface area contributed by atoms with Gasteiger partial charge in [-0.05, 0) is 204 Å². The molecule has 6 aliphatic heterocycles. The molecule has 0 aliphatic carbocycles. The number of para-hydroxylation sites is 5.